The van der Waals surface area contributed by atoms with Crippen molar-refractivity contribution < 1.29 is 0 Å². The van der Waals surface area contributed by atoms with Gasteiger partial charge in [-0.3, -0.25) is 0 Å². The van der Waals surface area contributed by atoms with Crippen LogP contribution in [0.4, 0.5) is 0 Å². The Hall–Kier alpha value is -0.820. The van der Waals surface area contributed by atoms with Gasteiger partial charge in [0.1, 0.15) is 0 Å². The van der Waals surface area contributed by atoms with Crippen LogP contribution in [0.2, 0.25) is 0 Å². The zero-order chi connectivity index (χ0) is 11.4. The Morgan fingerprint density at radius 3 is 2.81 bits per heavy atom. The zero-order valence-electron chi connectivity index (χ0n) is 10.5. The van der Waals surface area contributed by atoms with Crippen molar-refractivity contribution in [1.82, 2.24) is 5.32 Å². The number of aryl methyl sites for hydroxylation is 1. The molecule has 2 unspecified atom stereocenters. The minimum absolute atomic E-state index is 0.695. The molecule has 1 aliphatic carbocycles. The van der Waals surface area contributed by atoms with Gasteiger partial charge in [0.25, 0.3) is 0 Å². The number of benzene rings is 1. The first-order valence-electron chi connectivity index (χ1n) is 6.61. The van der Waals surface area contributed by atoms with Gasteiger partial charge >= 0.3 is 0 Å². The summed E-state index contributed by atoms with van der Waals surface area (Å²) in [6, 6.07) is 9.74. The molecule has 16 heavy (non-hydrogen) atoms. The van der Waals surface area contributed by atoms with E-state index < -0.39 is 0 Å². The van der Waals surface area contributed by atoms with E-state index in [1.165, 1.54) is 36.8 Å². The number of likely N-dealkylation sites (N-methyl/N-ethyl adjacent to an activating group) is 1. The van der Waals surface area contributed by atoms with Crippen LogP contribution in [0, 0.1) is 6.92 Å². The van der Waals surface area contributed by atoms with Gasteiger partial charge in [-0.05, 0) is 37.8 Å². The molecular weight excluding hydrogens is 194 g/mol. The molecule has 0 aliphatic heterocycles. The maximum atomic E-state index is 3.65. The largest absolute Gasteiger partial charge is 0.314 e. The molecule has 2 atom stereocenters. The van der Waals surface area contributed by atoms with E-state index in [9.17, 15) is 0 Å². The molecule has 0 amide bonds. The van der Waals surface area contributed by atoms with Crippen LogP contribution in [0.1, 0.15) is 49.7 Å². The second kappa shape index (κ2) is 5.49. The molecule has 0 bridgehead atoms. The van der Waals surface area contributed by atoms with Crippen LogP contribution in [0.3, 0.4) is 0 Å². The quantitative estimate of drug-likeness (QED) is 0.815. The van der Waals surface area contributed by atoms with Crippen LogP contribution in [0.5, 0.6) is 0 Å². The average Bonchev–Trinajstić information content (AvgIpc) is 2.30. The third-order valence-corrected chi connectivity index (χ3v) is 3.70. The minimum atomic E-state index is 0.695. The monoisotopic (exact) mass is 217 g/mol. The van der Waals surface area contributed by atoms with Crippen molar-refractivity contribution in [3.05, 3.63) is 35.4 Å². The van der Waals surface area contributed by atoms with E-state index in [0.717, 1.165) is 12.5 Å². The summed E-state index contributed by atoms with van der Waals surface area (Å²) in [7, 11) is 0. The van der Waals surface area contributed by atoms with Crippen LogP contribution in [-0.2, 0) is 0 Å². The van der Waals surface area contributed by atoms with Crippen molar-refractivity contribution in [2.75, 3.05) is 6.54 Å². The Balaban J connectivity index is 2.16. The van der Waals surface area contributed by atoms with Gasteiger partial charge in [-0.15, -0.1) is 0 Å². The number of rotatable bonds is 3. The molecule has 2 rings (SSSR count). The summed E-state index contributed by atoms with van der Waals surface area (Å²) in [4.78, 5) is 0. The van der Waals surface area contributed by atoms with E-state index in [0.29, 0.717) is 6.04 Å². The van der Waals surface area contributed by atoms with Crippen molar-refractivity contribution in [1.29, 1.82) is 0 Å². The second-order valence-electron chi connectivity index (χ2n) is 4.97. The van der Waals surface area contributed by atoms with Gasteiger partial charge in [-0.1, -0.05) is 49.6 Å². The lowest BCUT2D eigenvalue weighted by molar-refractivity contribution is 0.332. The lowest BCUT2D eigenvalue weighted by atomic mass is 9.79. The molecule has 0 heterocycles. The van der Waals surface area contributed by atoms with Crippen molar-refractivity contribution in [3.63, 3.8) is 0 Å². The molecule has 88 valence electrons. The Morgan fingerprint density at radius 1 is 1.25 bits per heavy atom. The molecule has 0 radical (unpaired) electrons. The minimum Gasteiger partial charge on any atom is -0.314 e. The fourth-order valence-corrected chi connectivity index (χ4v) is 2.94. The molecule has 1 heteroatoms. The maximum Gasteiger partial charge on any atom is 0.0136 e. The fraction of sp³-hybridized carbons (Fsp3) is 0.600. The van der Waals surface area contributed by atoms with E-state index in [1.54, 1.807) is 0 Å². The fourth-order valence-electron chi connectivity index (χ4n) is 2.94. The number of hydrogen-bond acceptors (Lipinski definition) is 1. The first-order chi connectivity index (χ1) is 7.81. The predicted octanol–water partition coefficient (Wildman–Crippen LogP) is 3.63. The third kappa shape index (κ3) is 2.65. The van der Waals surface area contributed by atoms with Gasteiger partial charge in [0.05, 0.1) is 0 Å². The van der Waals surface area contributed by atoms with Crippen LogP contribution in [0.25, 0.3) is 0 Å². The molecule has 1 fully saturated rings. The highest BCUT2D eigenvalue weighted by atomic mass is 14.9. The molecule has 0 saturated heterocycles. The summed E-state index contributed by atoms with van der Waals surface area (Å²) < 4.78 is 0. The Morgan fingerprint density at radius 2 is 2.06 bits per heavy atom. The standard InChI is InChI=1S/C15H23N/c1-3-16-15-10-5-4-9-14(15)13-8-6-7-12(2)11-13/h6-8,11,14-16H,3-5,9-10H2,1-2H3. The molecule has 0 aromatic heterocycles. The normalized spacial score (nSPS) is 25.6. The number of nitrogens with one attached hydrogen (secondary N) is 1. The van der Waals surface area contributed by atoms with Crippen molar-refractivity contribution in [3.8, 4) is 0 Å². The molecule has 1 nitrogen and oxygen atoms in total. The lowest BCUT2D eigenvalue weighted by Gasteiger charge is -2.32. The summed E-state index contributed by atoms with van der Waals surface area (Å²) >= 11 is 0. The van der Waals surface area contributed by atoms with E-state index in [2.05, 4.69) is 43.4 Å². The molecule has 1 aromatic carbocycles. The lowest BCUT2D eigenvalue weighted by Crippen LogP contribution is -2.37. The van der Waals surface area contributed by atoms with Gasteiger partial charge in [0.2, 0.25) is 0 Å². The Kier molecular flexibility index (Phi) is 4.00. The van der Waals surface area contributed by atoms with Gasteiger partial charge < -0.3 is 5.32 Å². The Bertz CT molecular complexity index is 330. The highest BCUT2D eigenvalue weighted by molar-refractivity contribution is 5.27. The molecule has 0 spiro atoms. The van der Waals surface area contributed by atoms with Crippen LogP contribution in [-0.4, -0.2) is 12.6 Å². The smallest absolute Gasteiger partial charge is 0.0136 e. The molecular formula is C15H23N. The molecule has 1 N–H and O–H groups in total. The van der Waals surface area contributed by atoms with E-state index in [4.69, 9.17) is 0 Å². The Labute approximate surface area is 99.3 Å². The summed E-state index contributed by atoms with van der Waals surface area (Å²) in [6.45, 7) is 5.49. The van der Waals surface area contributed by atoms with Gasteiger partial charge in [-0.25, -0.2) is 0 Å². The van der Waals surface area contributed by atoms with Crippen LogP contribution >= 0.6 is 0 Å². The highest BCUT2D eigenvalue weighted by Gasteiger charge is 2.25. The summed E-state index contributed by atoms with van der Waals surface area (Å²) in [5.74, 6) is 0.730. The molecule has 1 saturated carbocycles. The molecule has 1 aliphatic rings. The van der Waals surface area contributed by atoms with Crippen molar-refractivity contribution >= 4 is 0 Å². The van der Waals surface area contributed by atoms with E-state index in [-0.39, 0.29) is 0 Å². The first kappa shape index (κ1) is 11.7. The van der Waals surface area contributed by atoms with Crippen LogP contribution in [0.15, 0.2) is 24.3 Å². The van der Waals surface area contributed by atoms with Gasteiger partial charge in [0.15, 0.2) is 0 Å². The topological polar surface area (TPSA) is 12.0 Å². The maximum absolute atomic E-state index is 3.65. The summed E-state index contributed by atoms with van der Waals surface area (Å²) in [6.07, 6.45) is 5.47. The second-order valence-corrected chi connectivity index (χ2v) is 4.97. The first-order valence-corrected chi connectivity index (χ1v) is 6.61. The summed E-state index contributed by atoms with van der Waals surface area (Å²) in [5.41, 5.74) is 2.92. The summed E-state index contributed by atoms with van der Waals surface area (Å²) in [5, 5.41) is 3.65. The third-order valence-electron chi connectivity index (χ3n) is 3.70. The van der Waals surface area contributed by atoms with Crippen molar-refractivity contribution in [2.45, 2.75) is 51.5 Å². The predicted molar refractivity (Wildman–Crippen MR) is 69.9 cm³/mol. The van der Waals surface area contributed by atoms with E-state index in [1.807, 2.05) is 0 Å². The van der Waals surface area contributed by atoms with E-state index >= 15 is 0 Å². The van der Waals surface area contributed by atoms with Crippen LogP contribution < -0.4 is 5.32 Å². The average molecular weight is 217 g/mol. The highest BCUT2D eigenvalue weighted by Crippen LogP contribution is 2.33. The van der Waals surface area contributed by atoms with Gasteiger partial charge in [-0.2, -0.15) is 0 Å². The molecule has 1 aromatic rings. The SMILES string of the molecule is CCNC1CCCCC1c1cccc(C)c1. The zero-order valence-corrected chi connectivity index (χ0v) is 10.5. The van der Waals surface area contributed by atoms with Crippen molar-refractivity contribution in [2.24, 2.45) is 0 Å². The number of hydrogen-bond donors (Lipinski definition) is 1. The van der Waals surface area contributed by atoms with Gasteiger partial charge in [0, 0.05) is 6.04 Å².